The highest BCUT2D eigenvalue weighted by molar-refractivity contribution is 7.89. The lowest BCUT2D eigenvalue weighted by Gasteiger charge is -2.33. The van der Waals surface area contributed by atoms with Crippen molar-refractivity contribution in [3.8, 4) is 0 Å². The second-order valence-electron chi connectivity index (χ2n) is 5.15. The fourth-order valence-corrected chi connectivity index (χ4v) is 3.56. The van der Waals surface area contributed by atoms with Crippen LogP contribution in [0.1, 0.15) is 27.2 Å². The minimum Gasteiger partial charge on any atom is -0.378 e. The molecule has 0 aliphatic carbocycles. The number of rotatable bonds is 5. The summed E-state index contributed by atoms with van der Waals surface area (Å²) in [5.74, 6) is 0.379. The van der Waals surface area contributed by atoms with Gasteiger partial charge in [0.05, 0.1) is 18.5 Å². The zero-order valence-corrected chi connectivity index (χ0v) is 11.7. The van der Waals surface area contributed by atoms with Crippen molar-refractivity contribution < 1.29 is 13.2 Å². The molecule has 2 N–H and O–H groups in total. The molecule has 0 radical (unpaired) electrons. The Labute approximate surface area is 104 Å². The van der Waals surface area contributed by atoms with Crippen LogP contribution in [0.3, 0.4) is 0 Å². The molecular weight excluding hydrogens is 240 g/mol. The van der Waals surface area contributed by atoms with Crippen LogP contribution in [0.15, 0.2) is 0 Å². The minimum absolute atomic E-state index is 0.0421. The molecular formula is C11H24N2O3S. The predicted octanol–water partition coefficient (Wildman–Crippen LogP) is 0.410. The summed E-state index contributed by atoms with van der Waals surface area (Å²) in [7, 11) is -3.22. The number of sulfonamides is 1. The first-order chi connectivity index (χ1) is 7.81. The molecule has 17 heavy (non-hydrogen) atoms. The molecule has 0 aromatic rings. The van der Waals surface area contributed by atoms with Crippen LogP contribution in [0.2, 0.25) is 0 Å². The van der Waals surface area contributed by atoms with Crippen molar-refractivity contribution >= 4 is 10.0 Å². The van der Waals surface area contributed by atoms with Gasteiger partial charge >= 0.3 is 0 Å². The molecule has 0 spiro atoms. The lowest BCUT2D eigenvalue weighted by Crippen LogP contribution is -2.49. The molecule has 6 heteroatoms. The third-order valence-electron chi connectivity index (χ3n) is 2.84. The van der Waals surface area contributed by atoms with Gasteiger partial charge in [-0.25, -0.2) is 12.7 Å². The molecule has 1 rings (SSSR count). The Balaban J connectivity index is 2.51. The van der Waals surface area contributed by atoms with Crippen molar-refractivity contribution in [3.05, 3.63) is 0 Å². The first-order valence-corrected chi connectivity index (χ1v) is 7.77. The van der Waals surface area contributed by atoms with Crippen molar-refractivity contribution in [2.75, 3.05) is 25.4 Å². The average Bonchev–Trinajstić information content (AvgIpc) is 2.14. The average molecular weight is 264 g/mol. The van der Waals surface area contributed by atoms with E-state index in [1.165, 1.54) is 4.31 Å². The van der Waals surface area contributed by atoms with E-state index in [-0.39, 0.29) is 24.5 Å². The molecule has 0 saturated carbocycles. The third-order valence-corrected chi connectivity index (χ3v) is 4.61. The number of hydrogen-bond acceptors (Lipinski definition) is 4. The highest BCUT2D eigenvalue weighted by Crippen LogP contribution is 2.18. The van der Waals surface area contributed by atoms with E-state index in [9.17, 15) is 8.42 Å². The normalized spacial score (nSPS) is 27.6. The van der Waals surface area contributed by atoms with Gasteiger partial charge in [-0.2, -0.15) is 0 Å². The van der Waals surface area contributed by atoms with Crippen molar-refractivity contribution in [2.45, 2.75) is 39.3 Å². The van der Waals surface area contributed by atoms with Crippen LogP contribution in [0.5, 0.6) is 0 Å². The predicted molar refractivity (Wildman–Crippen MR) is 68.2 cm³/mol. The fraction of sp³-hybridized carbons (Fsp3) is 1.00. The summed E-state index contributed by atoms with van der Waals surface area (Å²) in [6.45, 7) is 7.09. The maximum atomic E-state index is 12.0. The Kier molecular flexibility index (Phi) is 5.37. The van der Waals surface area contributed by atoms with Crippen molar-refractivity contribution in [3.63, 3.8) is 0 Å². The molecule has 1 heterocycles. The fourth-order valence-electron chi connectivity index (χ4n) is 2.09. The number of ether oxygens (including phenoxy) is 1. The highest BCUT2D eigenvalue weighted by atomic mass is 32.2. The second-order valence-corrected chi connectivity index (χ2v) is 7.24. The van der Waals surface area contributed by atoms with Crippen LogP contribution in [0.25, 0.3) is 0 Å². The zero-order chi connectivity index (χ0) is 13.1. The molecule has 0 aromatic carbocycles. The molecule has 0 amide bonds. The maximum absolute atomic E-state index is 12.0. The minimum atomic E-state index is -3.22. The van der Waals surface area contributed by atoms with E-state index >= 15 is 0 Å². The SMILES string of the molecule is CC1CC(N)CN(S(=O)(=O)CCOC(C)C)C1. The summed E-state index contributed by atoms with van der Waals surface area (Å²) in [4.78, 5) is 0. The first-order valence-electron chi connectivity index (χ1n) is 6.16. The summed E-state index contributed by atoms with van der Waals surface area (Å²) in [5, 5.41) is 0. The van der Waals surface area contributed by atoms with Crippen molar-refractivity contribution in [1.82, 2.24) is 4.31 Å². The molecule has 2 unspecified atom stereocenters. The number of nitrogens with two attached hydrogens (primary N) is 1. The van der Waals surface area contributed by atoms with Gasteiger partial charge in [0, 0.05) is 19.1 Å². The smallest absolute Gasteiger partial charge is 0.216 e. The molecule has 2 atom stereocenters. The van der Waals surface area contributed by atoms with E-state index in [0.29, 0.717) is 19.0 Å². The molecule has 0 aromatic heterocycles. The van der Waals surface area contributed by atoms with E-state index in [4.69, 9.17) is 10.5 Å². The summed E-state index contributed by atoms with van der Waals surface area (Å²) in [6, 6.07) is -0.0421. The monoisotopic (exact) mass is 264 g/mol. The quantitative estimate of drug-likeness (QED) is 0.780. The standard InChI is InChI=1S/C11H24N2O3S/c1-9(2)16-4-5-17(14,15)13-7-10(3)6-11(12)8-13/h9-11H,4-8,12H2,1-3H3. The van der Waals surface area contributed by atoms with E-state index in [1.807, 2.05) is 20.8 Å². The molecule has 1 fully saturated rings. The molecule has 1 saturated heterocycles. The Morgan fingerprint density at radius 3 is 2.59 bits per heavy atom. The van der Waals surface area contributed by atoms with Crippen LogP contribution >= 0.6 is 0 Å². The van der Waals surface area contributed by atoms with Crippen molar-refractivity contribution in [2.24, 2.45) is 11.7 Å². The van der Waals surface area contributed by atoms with Crippen LogP contribution < -0.4 is 5.73 Å². The van der Waals surface area contributed by atoms with Gasteiger partial charge in [-0.1, -0.05) is 6.92 Å². The van der Waals surface area contributed by atoms with Gasteiger partial charge in [0.15, 0.2) is 0 Å². The molecule has 102 valence electrons. The summed E-state index contributed by atoms with van der Waals surface area (Å²) in [6.07, 6.45) is 0.960. The van der Waals surface area contributed by atoms with E-state index < -0.39 is 10.0 Å². The van der Waals surface area contributed by atoms with Gasteiger partial charge in [-0.05, 0) is 26.2 Å². The van der Waals surface area contributed by atoms with Gasteiger partial charge in [0.2, 0.25) is 10.0 Å². The van der Waals surface area contributed by atoms with Gasteiger partial charge in [-0.15, -0.1) is 0 Å². The van der Waals surface area contributed by atoms with Gasteiger partial charge in [-0.3, -0.25) is 0 Å². The molecule has 1 aliphatic rings. The van der Waals surface area contributed by atoms with Crippen molar-refractivity contribution in [1.29, 1.82) is 0 Å². The number of nitrogens with zero attached hydrogens (tertiary/aromatic N) is 1. The molecule has 1 aliphatic heterocycles. The zero-order valence-electron chi connectivity index (χ0n) is 10.9. The Bertz CT molecular complexity index is 320. The van der Waals surface area contributed by atoms with Crippen LogP contribution in [-0.4, -0.2) is 50.3 Å². The third kappa shape index (κ3) is 4.91. The maximum Gasteiger partial charge on any atom is 0.216 e. The van der Waals surface area contributed by atoms with E-state index in [2.05, 4.69) is 0 Å². The topological polar surface area (TPSA) is 72.6 Å². The Morgan fingerprint density at radius 2 is 2.06 bits per heavy atom. The highest BCUT2D eigenvalue weighted by Gasteiger charge is 2.30. The number of hydrogen-bond donors (Lipinski definition) is 1. The van der Waals surface area contributed by atoms with Crippen LogP contribution in [0, 0.1) is 5.92 Å². The van der Waals surface area contributed by atoms with Gasteiger partial charge in [0.1, 0.15) is 0 Å². The lowest BCUT2D eigenvalue weighted by atomic mass is 9.99. The van der Waals surface area contributed by atoms with E-state index in [1.54, 1.807) is 0 Å². The Morgan fingerprint density at radius 1 is 1.41 bits per heavy atom. The summed E-state index contributed by atoms with van der Waals surface area (Å²) < 4.78 is 30.9. The number of piperidine rings is 1. The van der Waals surface area contributed by atoms with E-state index in [0.717, 1.165) is 6.42 Å². The lowest BCUT2D eigenvalue weighted by molar-refractivity contribution is 0.0903. The second kappa shape index (κ2) is 6.13. The van der Waals surface area contributed by atoms with Crippen LogP contribution in [0.4, 0.5) is 0 Å². The van der Waals surface area contributed by atoms with Gasteiger partial charge in [0.25, 0.3) is 0 Å². The first kappa shape index (κ1) is 14.9. The largest absolute Gasteiger partial charge is 0.378 e. The van der Waals surface area contributed by atoms with Crippen LogP contribution in [-0.2, 0) is 14.8 Å². The summed E-state index contributed by atoms with van der Waals surface area (Å²) in [5.41, 5.74) is 5.85. The summed E-state index contributed by atoms with van der Waals surface area (Å²) >= 11 is 0. The Hall–Kier alpha value is -0.170. The van der Waals surface area contributed by atoms with Gasteiger partial charge < -0.3 is 10.5 Å². The molecule has 0 bridgehead atoms. The molecule has 5 nitrogen and oxygen atoms in total.